The number of carbonyl (C=O) groups is 1. The molecule has 0 unspecified atom stereocenters. The van der Waals surface area contributed by atoms with E-state index in [4.69, 9.17) is 5.73 Å². The SMILES string of the molecule is CSCC[C@H](N)C(=O)N1CCCN(C2CCCC2)CC1. The molecule has 0 radical (unpaired) electrons. The van der Waals surface area contributed by atoms with Crippen molar-refractivity contribution < 1.29 is 4.79 Å². The molecular weight excluding hydrogens is 270 g/mol. The second-order valence-electron chi connectivity index (χ2n) is 6.04. The fourth-order valence-corrected chi connectivity index (χ4v) is 3.88. The molecule has 2 aliphatic rings. The fraction of sp³-hybridized carbons (Fsp3) is 0.933. The highest BCUT2D eigenvalue weighted by atomic mass is 32.2. The average Bonchev–Trinajstić information content (AvgIpc) is 2.88. The zero-order chi connectivity index (χ0) is 14.4. The second-order valence-corrected chi connectivity index (χ2v) is 7.03. The van der Waals surface area contributed by atoms with Crippen LogP contribution in [0.25, 0.3) is 0 Å². The number of carbonyl (C=O) groups excluding carboxylic acids is 1. The van der Waals surface area contributed by atoms with Crippen molar-refractivity contribution in [1.82, 2.24) is 9.80 Å². The Balaban J connectivity index is 1.80. The third-order valence-electron chi connectivity index (χ3n) is 4.63. The van der Waals surface area contributed by atoms with Crippen LogP contribution in [-0.2, 0) is 4.79 Å². The van der Waals surface area contributed by atoms with Gasteiger partial charge in [0.25, 0.3) is 0 Å². The maximum absolute atomic E-state index is 12.4. The van der Waals surface area contributed by atoms with Crippen molar-refractivity contribution in [2.24, 2.45) is 5.73 Å². The van der Waals surface area contributed by atoms with E-state index in [1.807, 2.05) is 4.90 Å². The number of thioether (sulfide) groups is 1. The number of hydrogen-bond donors (Lipinski definition) is 1. The van der Waals surface area contributed by atoms with Gasteiger partial charge in [-0.25, -0.2) is 0 Å². The zero-order valence-electron chi connectivity index (χ0n) is 12.7. The normalized spacial score (nSPS) is 23.8. The average molecular weight is 299 g/mol. The summed E-state index contributed by atoms with van der Waals surface area (Å²) in [6.07, 6.45) is 9.40. The van der Waals surface area contributed by atoms with E-state index in [2.05, 4.69) is 11.2 Å². The molecular formula is C15H29N3OS. The van der Waals surface area contributed by atoms with Crippen molar-refractivity contribution >= 4 is 17.7 Å². The van der Waals surface area contributed by atoms with Gasteiger partial charge >= 0.3 is 0 Å². The molecule has 5 heteroatoms. The lowest BCUT2D eigenvalue weighted by molar-refractivity contribution is -0.132. The van der Waals surface area contributed by atoms with E-state index >= 15 is 0 Å². The molecule has 4 nitrogen and oxygen atoms in total. The molecule has 1 amide bonds. The van der Waals surface area contributed by atoms with Gasteiger partial charge in [-0.2, -0.15) is 11.8 Å². The number of hydrogen-bond acceptors (Lipinski definition) is 4. The molecule has 2 N–H and O–H groups in total. The third-order valence-corrected chi connectivity index (χ3v) is 5.28. The second kappa shape index (κ2) is 8.25. The predicted molar refractivity (Wildman–Crippen MR) is 86.0 cm³/mol. The summed E-state index contributed by atoms with van der Waals surface area (Å²) in [5.41, 5.74) is 6.02. The zero-order valence-corrected chi connectivity index (χ0v) is 13.5. The van der Waals surface area contributed by atoms with Crippen LogP contribution < -0.4 is 5.73 Å². The standard InChI is InChI=1S/C15H29N3OS/c1-20-12-7-14(16)15(19)18-9-4-8-17(10-11-18)13-5-2-3-6-13/h13-14H,2-12,16H2,1H3/t14-/m0/s1. The summed E-state index contributed by atoms with van der Waals surface area (Å²) in [7, 11) is 0. The van der Waals surface area contributed by atoms with Crippen LogP contribution in [0.4, 0.5) is 0 Å². The summed E-state index contributed by atoms with van der Waals surface area (Å²) < 4.78 is 0. The Labute approximate surface area is 127 Å². The van der Waals surface area contributed by atoms with Crippen molar-refractivity contribution in [2.45, 2.75) is 50.6 Å². The van der Waals surface area contributed by atoms with Gasteiger partial charge in [-0.3, -0.25) is 9.69 Å². The molecule has 1 saturated heterocycles. The number of amides is 1. The minimum atomic E-state index is -0.305. The molecule has 0 aromatic rings. The Hall–Kier alpha value is -0.260. The first kappa shape index (κ1) is 16.1. The van der Waals surface area contributed by atoms with Gasteiger partial charge in [0, 0.05) is 32.2 Å². The van der Waals surface area contributed by atoms with Gasteiger partial charge in [0.05, 0.1) is 6.04 Å². The molecule has 2 fully saturated rings. The minimum Gasteiger partial charge on any atom is -0.340 e. The number of nitrogens with two attached hydrogens (primary N) is 1. The van der Waals surface area contributed by atoms with Crippen LogP contribution in [0, 0.1) is 0 Å². The van der Waals surface area contributed by atoms with Crippen LogP contribution in [0.3, 0.4) is 0 Å². The Kier molecular flexibility index (Phi) is 6.65. The van der Waals surface area contributed by atoms with Crippen molar-refractivity contribution in [1.29, 1.82) is 0 Å². The number of rotatable bonds is 5. The van der Waals surface area contributed by atoms with Crippen LogP contribution >= 0.6 is 11.8 Å². The Morgan fingerprint density at radius 2 is 1.95 bits per heavy atom. The Bertz CT molecular complexity index is 307. The summed E-state index contributed by atoms with van der Waals surface area (Å²) in [6.45, 7) is 3.93. The Morgan fingerprint density at radius 1 is 1.20 bits per heavy atom. The molecule has 1 atom stereocenters. The highest BCUT2D eigenvalue weighted by Crippen LogP contribution is 2.24. The van der Waals surface area contributed by atoms with E-state index in [9.17, 15) is 4.79 Å². The lowest BCUT2D eigenvalue weighted by Crippen LogP contribution is -2.46. The fourth-order valence-electron chi connectivity index (χ4n) is 3.40. The van der Waals surface area contributed by atoms with E-state index in [1.165, 1.54) is 25.7 Å². The Morgan fingerprint density at radius 3 is 2.65 bits per heavy atom. The summed E-state index contributed by atoms with van der Waals surface area (Å²) >= 11 is 1.76. The van der Waals surface area contributed by atoms with E-state index in [0.29, 0.717) is 0 Å². The van der Waals surface area contributed by atoms with Gasteiger partial charge in [-0.05, 0) is 37.7 Å². The van der Waals surface area contributed by atoms with Gasteiger partial charge in [0.15, 0.2) is 0 Å². The van der Waals surface area contributed by atoms with Gasteiger partial charge in [-0.1, -0.05) is 12.8 Å². The highest BCUT2D eigenvalue weighted by molar-refractivity contribution is 7.98. The van der Waals surface area contributed by atoms with Crippen LogP contribution in [0.1, 0.15) is 38.5 Å². The minimum absolute atomic E-state index is 0.160. The molecule has 1 aliphatic carbocycles. The molecule has 2 rings (SSSR count). The summed E-state index contributed by atoms with van der Waals surface area (Å²) in [4.78, 5) is 17.0. The highest BCUT2D eigenvalue weighted by Gasteiger charge is 2.27. The molecule has 0 spiro atoms. The van der Waals surface area contributed by atoms with Crippen molar-refractivity contribution in [2.75, 3.05) is 38.2 Å². The summed E-state index contributed by atoms with van der Waals surface area (Å²) in [5, 5.41) is 0. The van der Waals surface area contributed by atoms with Crippen molar-refractivity contribution in [3.63, 3.8) is 0 Å². The van der Waals surface area contributed by atoms with E-state index in [0.717, 1.165) is 50.8 Å². The maximum Gasteiger partial charge on any atom is 0.239 e. The van der Waals surface area contributed by atoms with Crippen LogP contribution in [0.2, 0.25) is 0 Å². The topological polar surface area (TPSA) is 49.6 Å². The third kappa shape index (κ3) is 4.37. The summed E-state index contributed by atoms with van der Waals surface area (Å²) in [5.74, 6) is 1.13. The molecule has 0 bridgehead atoms. The van der Waals surface area contributed by atoms with Gasteiger partial charge in [0.2, 0.25) is 5.91 Å². The van der Waals surface area contributed by atoms with Crippen molar-refractivity contribution in [3.8, 4) is 0 Å². The quantitative estimate of drug-likeness (QED) is 0.837. The lowest BCUT2D eigenvalue weighted by atomic mass is 10.2. The van der Waals surface area contributed by atoms with E-state index in [1.54, 1.807) is 11.8 Å². The van der Waals surface area contributed by atoms with Crippen molar-refractivity contribution in [3.05, 3.63) is 0 Å². The molecule has 1 heterocycles. The van der Waals surface area contributed by atoms with Crippen LogP contribution in [0.15, 0.2) is 0 Å². The van der Waals surface area contributed by atoms with Gasteiger partial charge in [-0.15, -0.1) is 0 Å². The van der Waals surface area contributed by atoms with E-state index < -0.39 is 0 Å². The first-order valence-corrected chi connectivity index (χ1v) is 9.39. The molecule has 116 valence electrons. The molecule has 0 aromatic heterocycles. The monoisotopic (exact) mass is 299 g/mol. The van der Waals surface area contributed by atoms with Gasteiger partial charge in [0.1, 0.15) is 0 Å². The first-order chi connectivity index (χ1) is 9.72. The first-order valence-electron chi connectivity index (χ1n) is 7.99. The summed E-state index contributed by atoms with van der Waals surface area (Å²) in [6, 6.07) is 0.468. The maximum atomic E-state index is 12.4. The molecule has 1 saturated carbocycles. The van der Waals surface area contributed by atoms with Crippen LogP contribution in [0.5, 0.6) is 0 Å². The van der Waals surface area contributed by atoms with Gasteiger partial charge < -0.3 is 10.6 Å². The molecule has 1 aliphatic heterocycles. The lowest BCUT2D eigenvalue weighted by Gasteiger charge is -2.28. The predicted octanol–water partition coefficient (Wildman–Crippen LogP) is 1.54. The molecule has 20 heavy (non-hydrogen) atoms. The van der Waals surface area contributed by atoms with E-state index in [-0.39, 0.29) is 11.9 Å². The van der Waals surface area contributed by atoms with Crippen LogP contribution in [-0.4, -0.2) is 66.0 Å². The molecule has 0 aromatic carbocycles. The smallest absolute Gasteiger partial charge is 0.239 e. The largest absolute Gasteiger partial charge is 0.340 e. The number of nitrogens with zero attached hydrogens (tertiary/aromatic N) is 2.